The van der Waals surface area contributed by atoms with Gasteiger partial charge in [0.25, 0.3) is 0 Å². The number of hydrogen-bond acceptors (Lipinski definition) is 3. The first kappa shape index (κ1) is 15.8. The van der Waals surface area contributed by atoms with Crippen LogP contribution in [0.4, 0.5) is 5.69 Å². The zero-order valence-electron chi connectivity index (χ0n) is 12.8. The summed E-state index contributed by atoms with van der Waals surface area (Å²) < 4.78 is 4.79. The second-order valence-corrected chi connectivity index (χ2v) is 4.85. The van der Waals surface area contributed by atoms with Crippen molar-refractivity contribution in [1.29, 1.82) is 0 Å². The third kappa shape index (κ3) is 3.95. The number of amides is 1. The fraction of sp³-hybridized carbons (Fsp3) is 0.222. The van der Waals surface area contributed by atoms with Crippen LogP contribution in [0.25, 0.3) is 11.1 Å². The molecule has 0 spiro atoms. The largest absolute Gasteiger partial charge is 0.466 e. The molecule has 0 atom stereocenters. The van der Waals surface area contributed by atoms with E-state index in [1.807, 2.05) is 54.6 Å². The molecule has 0 aliphatic heterocycles. The molecule has 0 aromatic heterocycles. The standard InChI is InChI=1S/C18H19NO3/c1-3-22-18(21)13-17(20)19(2)16-11-9-15(10-12-16)14-7-5-4-6-8-14/h4-12H,3,13H2,1-2H3. The fourth-order valence-corrected chi connectivity index (χ4v) is 2.11. The Balaban J connectivity index is 2.06. The molecular weight excluding hydrogens is 278 g/mol. The van der Waals surface area contributed by atoms with Gasteiger partial charge in [0.1, 0.15) is 6.42 Å². The molecule has 0 saturated carbocycles. The summed E-state index contributed by atoms with van der Waals surface area (Å²) in [5.74, 6) is -0.786. The van der Waals surface area contributed by atoms with Crippen molar-refractivity contribution in [2.24, 2.45) is 0 Å². The van der Waals surface area contributed by atoms with Crippen molar-refractivity contribution in [1.82, 2.24) is 0 Å². The van der Waals surface area contributed by atoms with Gasteiger partial charge in [-0.25, -0.2) is 0 Å². The van der Waals surface area contributed by atoms with Gasteiger partial charge in [0.05, 0.1) is 6.61 Å². The maximum Gasteiger partial charge on any atom is 0.315 e. The highest BCUT2D eigenvalue weighted by atomic mass is 16.5. The van der Waals surface area contributed by atoms with Crippen molar-refractivity contribution in [2.75, 3.05) is 18.6 Å². The van der Waals surface area contributed by atoms with Gasteiger partial charge in [0.15, 0.2) is 0 Å². The van der Waals surface area contributed by atoms with Crippen LogP contribution in [0.15, 0.2) is 54.6 Å². The highest BCUT2D eigenvalue weighted by Gasteiger charge is 2.16. The summed E-state index contributed by atoms with van der Waals surface area (Å²) in [4.78, 5) is 24.8. The number of carbonyl (C=O) groups is 2. The molecule has 0 bridgehead atoms. The maximum absolute atomic E-state index is 12.0. The Hall–Kier alpha value is -2.62. The van der Waals surface area contributed by atoms with Crippen molar-refractivity contribution < 1.29 is 14.3 Å². The molecule has 114 valence electrons. The molecule has 0 aliphatic carbocycles. The molecule has 2 aromatic carbocycles. The lowest BCUT2D eigenvalue weighted by atomic mass is 10.1. The summed E-state index contributed by atoms with van der Waals surface area (Å²) in [5.41, 5.74) is 2.94. The van der Waals surface area contributed by atoms with Gasteiger partial charge in [-0.2, -0.15) is 0 Å². The van der Waals surface area contributed by atoms with Crippen LogP contribution < -0.4 is 4.90 Å². The zero-order valence-corrected chi connectivity index (χ0v) is 12.8. The third-order valence-electron chi connectivity index (χ3n) is 3.34. The first-order valence-electron chi connectivity index (χ1n) is 7.19. The second kappa shape index (κ2) is 7.41. The normalized spacial score (nSPS) is 10.1. The van der Waals surface area contributed by atoms with E-state index in [0.717, 1.165) is 16.8 Å². The second-order valence-electron chi connectivity index (χ2n) is 4.85. The van der Waals surface area contributed by atoms with Gasteiger partial charge in [-0.05, 0) is 30.2 Å². The fourth-order valence-electron chi connectivity index (χ4n) is 2.11. The molecule has 0 unspecified atom stereocenters. The van der Waals surface area contributed by atoms with Crippen LogP contribution in [-0.4, -0.2) is 25.5 Å². The molecule has 2 aromatic rings. The molecule has 22 heavy (non-hydrogen) atoms. The Morgan fingerprint density at radius 1 is 0.955 bits per heavy atom. The van der Waals surface area contributed by atoms with Crippen molar-refractivity contribution in [3.8, 4) is 11.1 Å². The van der Waals surface area contributed by atoms with Crippen LogP contribution in [0.1, 0.15) is 13.3 Å². The van der Waals surface area contributed by atoms with E-state index >= 15 is 0 Å². The van der Waals surface area contributed by atoms with Gasteiger partial charge < -0.3 is 9.64 Å². The lowest BCUT2D eigenvalue weighted by Crippen LogP contribution is -2.28. The van der Waals surface area contributed by atoms with Crippen LogP contribution in [-0.2, 0) is 14.3 Å². The van der Waals surface area contributed by atoms with E-state index in [2.05, 4.69) is 0 Å². The van der Waals surface area contributed by atoms with Crippen molar-refractivity contribution in [2.45, 2.75) is 13.3 Å². The van der Waals surface area contributed by atoms with Crippen LogP contribution in [0.2, 0.25) is 0 Å². The highest BCUT2D eigenvalue weighted by Crippen LogP contribution is 2.22. The molecule has 0 radical (unpaired) electrons. The molecule has 0 aliphatic rings. The van der Waals surface area contributed by atoms with Crippen LogP contribution in [0.5, 0.6) is 0 Å². The minimum atomic E-state index is -0.500. The Bertz CT molecular complexity index is 635. The molecule has 1 amide bonds. The average molecular weight is 297 g/mol. The summed E-state index contributed by atoms with van der Waals surface area (Å²) in [7, 11) is 1.65. The Morgan fingerprint density at radius 3 is 2.14 bits per heavy atom. The molecular formula is C18H19NO3. The number of anilines is 1. The summed E-state index contributed by atoms with van der Waals surface area (Å²) in [6.07, 6.45) is -0.245. The SMILES string of the molecule is CCOC(=O)CC(=O)N(C)c1ccc(-c2ccccc2)cc1. The number of rotatable bonds is 5. The van der Waals surface area contributed by atoms with Crippen molar-refractivity contribution in [3.63, 3.8) is 0 Å². The molecule has 0 saturated heterocycles. The van der Waals surface area contributed by atoms with Gasteiger partial charge in [-0.3, -0.25) is 9.59 Å². The summed E-state index contributed by atoms with van der Waals surface area (Å²) in [6, 6.07) is 17.7. The lowest BCUT2D eigenvalue weighted by molar-refractivity contribution is -0.145. The van der Waals surface area contributed by atoms with Gasteiger partial charge in [0, 0.05) is 12.7 Å². The Morgan fingerprint density at radius 2 is 1.55 bits per heavy atom. The van der Waals surface area contributed by atoms with Gasteiger partial charge >= 0.3 is 5.97 Å². The monoisotopic (exact) mass is 297 g/mol. The van der Waals surface area contributed by atoms with E-state index in [0.29, 0.717) is 0 Å². The van der Waals surface area contributed by atoms with Crippen molar-refractivity contribution >= 4 is 17.6 Å². The highest BCUT2D eigenvalue weighted by molar-refractivity contribution is 6.03. The average Bonchev–Trinajstić information content (AvgIpc) is 2.55. The summed E-state index contributed by atoms with van der Waals surface area (Å²) in [6.45, 7) is 2.00. The van der Waals surface area contributed by atoms with Gasteiger partial charge in [-0.15, -0.1) is 0 Å². The Kier molecular flexibility index (Phi) is 5.31. The van der Waals surface area contributed by atoms with E-state index in [-0.39, 0.29) is 18.9 Å². The molecule has 0 fully saturated rings. The van der Waals surface area contributed by atoms with Gasteiger partial charge in [0.2, 0.25) is 5.91 Å². The number of nitrogens with zero attached hydrogens (tertiary/aromatic N) is 1. The van der Waals surface area contributed by atoms with E-state index in [1.165, 1.54) is 4.90 Å². The predicted molar refractivity (Wildman–Crippen MR) is 86.5 cm³/mol. The van der Waals surface area contributed by atoms with Crippen molar-refractivity contribution in [3.05, 3.63) is 54.6 Å². The van der Waals surface area contributed by atoms with E-state index in [1.54, 1.807) is 14.0 Å². The van der Waals surface area contributed by atoms with Gasteiger partial charge in [-0.1, -0.05) is 42.5 Å². The smallest absolute Gasteiger partial charge is 0.315 e. The number of ether oxygens (including phenoxy) is 1. The number of benzene rings is 2. The van der Waals surface area contributed by atoms with Crippen LogP contribution in [0, 0.1) is 0 Å². The first-order chi connectivity index (χ1) is 10.6. The minimum absolute atomic E-state index is 0.245. The predicted octanol–water partition coefficient (Wildman–Crippen LogP) is 3.27. The molecule has 0 heterocycles. The number of carbonyl (C=O) groups excluding carboxylic acids is 2. The molecule has 4 nitrogen and oxygen atoms in total. The van der Waals surface area contributed by atoms with E-state index in [4.69, 9.17) is 4.74 Å². The van der Waals surface area contributed by atoms with E-state index in [9.17, 15) is 9.59 Å². The maximum atomic E-state index is 12.0. The molecule has 2 rings (SSSR count). The van der Waals surface area contributed by atoms with E-state index < -0.39 is 5.97 Å². The molecule has 0 N–H and O–H groups in total. The lowest BCUT2D eigenvalue weighted by Gasteiger charge is -2.17. The summed E-state index contributed by atoms with van der Waals surface area (Å²) in [5, 5.41) is 0. The topological polar surface area (TPSA) is 46.6 Å². The number of esters is 1. The number of hydrogen-bond donors (Lipinski definition) is 0. The van der Waals surface area contributed by atoms with Crippen LogP contribution in [0.3, 0.4) is 0 Å². The quantitative estimate of drug-likeness (QED) is 0.628. The minimum Gasteiger partial charge on any atom is -0.466 e. The third-order valence-corrected chi connectivity index (χ3v) is 3.34. The summed E-state index contributed by atoms with van der Waals surface area (Å²) >= 11 is 0. The molecule has 4 heteroatoms. The zero-order chi connectivity index (χ0) is 15.9. The van der Waals surface area contributed by atoms with Crippen LogP contribution >= 0.6 is 0 Å². The Labute approximate surface area is 130 Å². The first-order valence-corrected chi connectivity index (χ1v) is 7.19.